The molecule has 0 aromatic heterocycles. The highest BCUT2D eigenvalue weighted by molar-refractivity contribution is 7.89. The molecule has 1 heterocycles. The lowest BCUT2D eigenvalue weighted by Gasteiger charge is -2.33. The summed E-state index contributed by atoms with van der Waals surface area (Å²) in [4.78, 5) is 11.2. The lowest BCUT2D eigenvalue weighted by Crippen LogP contribution is -2.59. The third kappa shape index (κ3) is 3.16. The van der Waals surface area contributed by atoms with Crippen LogP contribution in [-0.2, 0) is 14.8 Å². The Morgan fingerprint density at radius 2 is 2.19 bits per heavy atom. The zero-order valence-corrected chi connectivity index (χ0v) is 10.5. The molecule has 1 rings (SSSR count). The van der Waals surface area contributed by atoms with E-state index < -0.39 is 22.0 Å². The fourth-order valence-corrected chi connectivity index (χ4v) is 3.75. The van der Waals surface area contributed by atoms with Crippen LogP contribution in [0.25, 0.3) is 0 Å². The van der Waals surface area contributed by atoms with E-state index in [2.05, 4.69) is 5.32 Å². The molecule has 7 heteroatoms. The Balaban J connectivity index is 2.86. The molecule has 1 fully saturated rings. The number of nitrogens with one attached hydrogen (secondary N) is 1. The topological polar surface area (TPSA) is 92.5 Å². The average Bonchev–Trinajstić information content (AvgIpc) is 2.15. The van der Waals surface area contributed by atoms with Crippen LogP contribution < -0.4 is 11.1 Å². The number of hydrogen-bond donors (Lipinski definition) is 2. The van der Waals surface area contributed by atoms with Crippen LogP contribution in [0, 0.1) is 5.92 Å². The first-order chi connectivity index (χ1) is 7.34. The fourth-order valence-electron chi connectivity index (χ4n) is 1.78. The quantitative estimate of drug-likeness (QED) is 0.650. The molecule has 0 saturated carbocycles. The molecule has 0 bridgehead atoms. The molecule has 16 heavy (non-hydrogen) atoms. The molecule has 1 atom stereocenters. The maximum absolute atomic E-state index is 12.0. The van der Waals surface area contributed by atoms with Gasteiger partial charge in [-0.2, -0.15) is 4.31 Å². The number of hydrogen-bond acceptors (Lipinski definition) is 4. The maximum atomic E-state index is 12.0. The van der Waals surface area contributed by atoms with Crippen molar-refractivity contribution in [3.8, 4) is 0 Å². The van der Waals surface area contributed by atoms with Gasteiger partial charge in [0.05, 0.1) is 5.75 Å². The van der Waals surface area contributed by atoms with Gasteiger partial charge in [0, 0.05) is 19.6 Å². The zero-order valence-electron chi connectivity index (χ0n) is 9.64. The molecule has 1 saturated heterocycles. The second kappa shape index (κ2) is 5.11. The van der Waals surface area contributed by atoms with Gasteiger partial charge in [-0.05, 0) is 5.92 Å². The molecule has 94 valence electrons. The Kier molecular flexibility index (Phi) is 4.28. The molecule has 6 nitrogen and oxygen atoms in total. The summed E-state index contributed by atoms with van der Waals surface area (Å²) in [7, 11) is -3.38. The van der Waals surface area contributed by atoms with Crippen molar-refractivity contribution < 1.29 is 13.2 Å². The van der Waals surface area contributed by atoms with Gasteiger partial charge >= 0.3 is 0 Å². The number of nitrogens with zero attached hydrogens (tertiary/aromatic N) is 1. The van der Waals surface area contributed by atoms with E-state index in [1.165, 1.54) is 4.31 Å². The lowest BCUT2D eigenvalue weighted by atomic mass is 10.2. The standard InChI is InChI=1S/C9H19N3O3S/c1-7(2)6-16(14,15)12-4-3-11-5-8(12)9(10)13/h7-8,11H,3-6H2,1-2H3,(H2,10,13). The maximum Gasteiger partial charge on any atom is 0.237 e. The van der Waals surface area contributed by atoms with E-state index in [4.69, 9.17) is 5.73 Å². The first kappa shape index (κ1) is 13.4. The second-order valence-electron chi connectivity index (χ2n) is 4.41. The third-order valence-corrected chi connectivity index (χ3v) is 4.66. The minimum atomic E-state index is -3.38. The monoisotopic (exact) mass is 249 g/mol. The first-order valence-corrected chi connectivity index (χ1v) is 6.95. The zero-order chi connectivity index (χ0) is 12.3. The van der Waals surface area contributed by atoms with Crippen molar-refractivity contribution in [2.45, 2.75) is 19.9 Å². The normalized spacial score (nSPS) is 23.6. The van der Waals surface area contributed by atoms with E-state index in [9.17, 15) is 13.2 Å². The van der Waals surface area contributed by atoms with E-state index in [1.54, 1.807) is 0 Å². The average molecular weight is 249 g/mol. The predicted octanol–water partition coefficient (Wildman–Crippen LogP) is -1.27. The largest absolute Gasteiger partial charge is 0.368 e. The molecule has 0 aromatic carbocycles. The summed E-state index contributed by atoms with van der Waals surface area (Å²) in [5.74, 6) is -0.510. The van der Waals surface area contributed by atoms with Crippen LogP contribution in [0.3, 0.4) is 0 Å². The number of piperazine rings is 1. The fraction of sp³-hybridized carbons (Fsp3) is 0.889. The third-order valence-electron chi connectivity index (χ3n) is 2.42. The molecule has 1 aliphatic heterocycles. The van der Waals surface area contributed by atoms with E-state index in [-0.39, 0.29) is 11.7 Å². The molecule has 1 unspecified atom stereocenters. The van der Waals surface area contributed by atoms with Gasteiger partial charge in [0.25, 0.3) is 0 Å². The Labute approximate surface area is 96.2 Å². The van der Waals surface area contributed by atoms with Crippen molar-refractivity contribution >= 4 is 15.9 Å². The summed E-state index contributed by atoms with van der Waals surface area (Å²) in [5.41, 5.74) is 5.20. The predicted molar refractivity (Wildman–Crippen MR) is 61.2 cm³/mol. The van der Waals surface area contributed by atoms with Crippen LogP contribution in [0.2, 0.25) is 0 Å². The first-order valence-electron chi connectivity index (χ1n) is 5.34. The van der Waals surface area contributed by atoms with Crippen LogP contribution in [0.1, 0.15) is 13.8 Å². The van der Waals surface area contributed by atoms with Crippen LogP contribution in [0.4, 0.5) is 0 Å². The highest BCUT2D eigenvalue weighted by Crippen LogP contribution is 2.13. The molecule has 1 amide bonds. The number of carbonyl (C=O) groups is 1. The molecule has 0 aromatic rings. The van der Waals surface area contributed by atoms with E-state index in [0.717, 1.165) is 0 Å². The van der Waals surface area contributed by atoms with Crippen molar-refractivity contribution in [3.63, 3.8) is 0 Å². The van der Waals surface area contributed by atoms with Gasteiger partial charge in [0.2, 0.25) is 15.9 Å². The summed E-state index contributed by atoms with van der Waals surface area (Å²) < 4.78 is 25.2. The number of carbonyl (C=O) groups excluding carboxylic acids is 1. The number of rotatable bonds is 4. The highest BCUT2D eigenvalue weighted by atomic mass is 32.2. The summed E-state index contributed by atoms with van der Waals surface area (Å²) in [5, 5.41) is 2.96. The van der Waals surface area contributed by atoms with Crippen LogP contribution in [-0.4, -0.2) is 50.1 Å². The number of primary amides is 1. The van der Waals surface area contributed by atoms with E-state index >= 15 is 0 Å². The van der Waals surface area contributed by atoms with Crippen molar-refractivity contribution in [2.24, 2.45) is 11.7 Å². The molecule has 0 aliphatic carbocycles. The Hall–Kier alpha value is -0.660. The Bertz CT molecular complexity index is 353. The molecular formula is C9H19N3O3S. The summed E-state index contributed by atoms with van der Waals surface area (Å²) in [6.45, 7) is 4.83. The molecule has 0 radical (unpaired) electrons. The van der Waals surface area contributed by atoms with Gasteiger partial charge < -0.3 is 11.1 Å². The lowest BCUT2D eigenvalue weighted by molar-refractivity contribution is -0.122. The SMILES string of the molecule is CC(C)CS(=O)(=O)N1CCNCC1C(N)=O. The van der Waals surface area contributed by atoms with Gasteiger partial charge in [-0.15, -0.1) is 0 Å². The molecule has 3 N–H and O–H groups in total. The van der Waals surface area contributed by atoms with Crippen LogP contribution in [0.15, 0.2) is 0 Å². The second-order valence-corrected chi connectivity index (χ2v) is 6.37. The number of amides is 1. The van der Waals surface area contributed by atoms with Crippen LogP contribution >= 0.6 is 0 Å². The van der Waals surface area contributed by atoms with Crippen LogP contribution in [0.5, 0.6) is 0 Å². The minimum Gasteiger partial charge on any atom is -0.368 e. The van der Waals surface area contributed by atoms with Gasteiger partial charge in [-0.3, -0.25) is 4.79 Å². The van der Waals surface area contributed by atoms with Gasteiger partial charge in [0.1, 0.15) is 6.04 Å². The summed E-state index contributed by atoms with van der Waals surface area (Å²) >= 11 is 0. The molecule has 1 aliphatic rings. The van der Waals surface area contributed by atoms with Crippen molar-refractivity contribution in [1.29, 1.82) is 0 Å². The van der Waals surface area contributed by atoms with E-state index in [0.29, 0.717) is 19.6 Å². The minimum absolute atomic E-state index is 0.0356. The van der Waals surface area contributed by atoms with E-state index in [1.807, 2.05) is 13.8 Å². The summed E-state index contributed by atoms with van der Waals surface area (Å²) in [6.07, 6.45) is 0. The number of nitrogens with two attached hydrogens (primary N) is 1. The van der Waals surface area contributed by atoms with Crippen molar-refractivity contribution in [3.05, 3.63) is 0 Å². The summed E-state index contributed by atoms with van der Waals surface area (Å²) in [6, 6.07) is -0.752. The Morgan fingerprint density at radius 1 is 1.56 bits per heavy atom. The van der Waals surface area contributed by atoms with Gasteiger partial charge in [-0.1, -0.05) is 13.8 Å². The van der Waals surface area contributed by atoms with Crippen molar-refractivity contribution in [2.75, 3.05) is 25.4 Å². The van der Waals surface area contributed by atoms with Gasteiger partial charge in [-0.25, -0.2) is 8.42 Å². The van der Waals surface area contributed by atoms with Gasteiger partial charge in [0.15, 0.2) is 0 Å². The highest BCUT2D eigenvalue weighted by Gasteiger charge is 2.35. The smallest absolute Gasteiger partial charge is 0.237 e. The number of sulfonamides is 1. The van der Waals surface area contributed by atoms with Crippen molar-refractivity contribution in [1.82, 2.24) is 9.62 Å². The molecule has 0 spiro atoms. The molecular weight excluding hydrogens is 230 g/mol. The Morgan fingerprint density at radius 3 is 2.69 bits per heavy atom.